The van der Waals surface area contributed by atoms with Crippen molar-refractivity contribution in [2.24, 2.45) is 0 Å². The number of carbonyl (C=O) groups excluding carboxylic acids is 2. The van der Waals surface area contributed by atoms with E-state index >= 15 is 0 Å². The maximum atomic E-state index is 13.5. The Morgan fingerprint density at radius 1 is 1.11 bits per heavy atom. The van der Waals surface area contributed by atoms with E-state index in [0.717, 1.165) is 0 Å². The number of nitriles is 1. The van der Waals surface area contributed by atoms with Crippen LogP contribution in [0, 0.1) is 11.3 Å². The van der Waals surface area contributed by atoms with Crippen LogP contribution in [0.2, 0.25) is 0 Å². The highest BCUT2D eigenvalue weighted by molar-refractivity contribution is 7.89. The van der Waals surface area contributed by atoms with E-state index in [9.17, 15) is 36.4 Å². The summed E-state index contributed by atoms with van der Waals surface area (Å²) in [6.07, 6.45) is 0.966. The fraction of sp³-hybridized carbons (Fsp3) is 0.310. The molecule has 0 radical (unpaired) electrons. The summed E-state index contributed by atoms with van der Waals surface area (Å²) >= 11 is 0.269. The van der Waals surface area contributed by atoms with E-state index in [4.69, 9.17) is 4.74 Å². The van der Waals surface area contributed by atoms with Crippen LogP contribution in [0.3, 0.4) is 0 Å². The van der Waals surface area contributed by atoms with Gasteiger partial charge in [-0.2, -0.15) is 23.2 Å². The lowest BCUT2D eigenvalue weighted by Gasteiger charge is -2.36. The number of hydrogen-bond acceptors (Lipinski definition) is 11. The van der Waals surface area contributed by atoms with Gasteiger partial charge in [0.2, 0.25) is 20.9 Å². The Balaban J connectivity index is 1.26. The van der Waals surface area contributed by atoms with Crippen LogP contribution in [0.15, 0.2) is 59.8 Å². The van der Waals surface area contributed by atoms with Crippen molar-refractivity contribution in [1.82, 2.24) is 29.2 Å². The standard InChI is InChI=1S/C29H25F3N8O5S2/c1-45-19-4-2-18(3-5-19)23(41)6-7-24(42)39-12-10-38(11-13-39)21-14-20(47(43,44)37-28(17-33)8-9-28)16-40-22(21)15-34-25(40)26-35-36-27(46-26)29(30,31)32/h2-7,14-16,37H,8-13H2,1H3/b7-6+. The first-order chi connectivity index (χ1) is 22.3. The second-order valence-electron chi connectivity index (χ2n) is 10.8. The minimum atomic E-state index is -4.72. The molecule has 1 aromatic carbocycles. The molecule has 1 N–H and O–H groups in total. The first-order valence-corrected chi connectivity index (χ1v) is 16.4. The summed E-state index contributed by atoms with van der Waals surface area (Å²) in [4.78, 5) is 32.8. The number of aromatic nitrogens is 4. The van der Waals surface area contributed by atoms with Gasteiger partial charge in [-0.05, 0) is 49.2 Å². The number of anilines is 1. The molecule has 18 heteroatoms. The molecule has 1 aliphatic heterocycles. The Morgan fingerprint density at radius 2 is 1.81 bits per heavy atom. The summed E-state index contributed by atoms with van der Waals surface area (Å²) in [5.41, 5.74) is -0.0557. The van der Waals surface area contributed by atoms with Gasteiger partial charge >= 0.3 is 6.18 Å². The number of methoxy groups -OCH3 is 1. The lowest BCUT2D eigenvalue weighted by Crippen LogP contribution is -2.48. The van der Waals surface area contributed by atoms with E-state index in [1.54, 1.807) is 29.2 Å². The Labute approximate surface area is 269 Å². The molecule has 0 atom stereocenters. The quantitative estimate of drug-likeness (QED) is 0.204. The molecule has 6 rings (SSSR count). The minimum Gasteiger partial charge on any atom is -0.497 e. The van der Waals surface area contributed by atoms with Gasteiger partial charge in [0, 0.05) is 44.0 Å². The molecule has 1 aliphatic carbocycles. The van der Waals surface area contributed by atoms with Crippen LogP contribution in [0.5, 0.6) is 5.75 Å². The predicted octanol–water partition coefficient (Wildman–Crippen LogP) is 3.30. The van der Waals surface area contributed by atoms with Crippen molar-refractivity contribution in [2.45, 2.75) is 29.5 Å². The van der Waals surface area contributed by atoms with E-state index in [1.807, 2.05) is 11.0 Å². The van der Waals surface area contributed by atoms with Gasteiger partial charge in [0.05, 0.1) is 30.6 Å². The highest BCUT2D eigenvalue weighted by Crippen LogP contribution is 2.38. The first-order valence-electron chi connectivity index (χ1n) is 14.1. The van der Waals surface area contributed by atoms with Gasteiger partial charge in [-0.15, -0.1) is 10.2 Å². The fourth-order valence-electron chi connectivity index (χ4n) is 4.99. The number of imidazole rings is 1. The number of allylic oxidation sites excluding steroid dienone is 1. The number of benzene rings is 1. The third-order valence-electron chi connectivity index (χ3n) is 7.74. The minimum absolute atomic E-state index is 0.0480. The molecule has 4 aromatic rings. The molecule has 0 unspecified atom stereocenters. The number of ketones is 1. The number of rotatable bonds is 9. The third kappa shape index (κ3) is 6.54. The molecular formula is C29H25F3N8O5S2. The molecule has 2 fully saturated rings. The van der Waals surface area contributed by atoms with E-state index in [0.29, 0.717) is 35.4 Å². The lowest BCUT2D eigenvalue weighted by atomic mass is 10.1. The number of alkyl halides is 3. The topological polar surface area (TPSA) is 163 Å². The number of ether oxygens (including phenoxy) is 1. The van der Waals surface area contributed by atoms with Gasteiger partial charge in [-0.1, -0.05) is 11.3 Å². The molecule has 1 amide bonds. The predicted molar refractivity (Wildman–Crippen MR) is 162 cm³/mol. The maximum absolute atomic E-state index is 13.5. The third-order valence-corrected chi connectivity index (χ3v) is 10.2. The molecule has 13 nitrogen and oxygen atoms in total. The summed E-state index contributed by atoms with van der Waals surface area (Å²) in [6.45, 7) is 0.979. The second-order valence-corrected chi connectivity index (χ2v) is 13.5. The number of amides is 1. The van der Waals surface area contributed by atoms with Gasteiger partial charge < -0.3 is 14.5 Å². The number of fused-ring (bicyclic) bond motifs is 1. The van der Waals surface area contributed by atoms with Crippen molar-refractivity contribution in [3.8, 4) is 22.7 Å². The Morgan fingerprint density at radius 3 is 2.40 bits per heavy atom. The zero-order chi connectivity index (χ0) is 33.6. The molecular weight excluding hydrogens is 661 g/mol. The molecule has 1 saturated carbocycles. The number of carbonyl (C=O) groups is 2. The normalized spacial score (nSPS) is 16.4. The van der Waals surface area contributed by atoms with Crippen molar-refractivity contribution in [1.29, 1.82) is 5.26 Å². The number of halogens is 3. The second kappa shape index (κ2) is 12.1. The fourth-order valence-corrected chi connectivity index (χ4v) is 7.09. The molecule has 244 valence electrons. The molecule has 4 heterocycles. The summed E-state index contributed by atoms with van der Waals surface area (Å²) in [6, 6.07) is 9.84. The van der Waals surface area contributed by atoms with Crippen LogP contribution in [0.25, 0.3) is 16.3 Å². The SMILES string of the molecule is COc1ccc(C(=O)/C=C/C(=O)N2CCN(c3cc(S(=O)(=O)NC4(C#N)CC4)cn4c(-c5nnc(C(F)(F)F)s5)ncc34)CC2)cc1. The number of nitrogens with one attached hydrogen (secondary N) is 1. The number of pyridine rings is 1. The van der Waals surface area contributed by atoms with Crippen molar-refractivity contribution >= 4 is 44.3 Å². The molecule has 3 aromatic heterocycles. The summed E-state index contributed by atoms with van der Waals surface area (Å²) < 4.78 is 75.6. The number of piperazine rings is 1. The maximum Gasteiger partial charge on any atom is 0.445 e. The van der Waals surface area contributed by atoms with Gasteiger partial charge in [0.1, 0.15) is 16.2 Å². The molecule has 0 bridgehead atoms. The Kier molecular flexibility index (Phi) is 8.23. The van der Waals surface area contributed by atoms with Crippen LogP contribution in [0.1, 0.15) is 28.2 Å². The van der Waals surface area contributed by atoms with Crippen LogP contribution in [-0.2, 0) is 21.0 Å². The monoisotopic (exact) mass is 686 g/mol. The molecule has 47 heavy (non-hydrogen) atoms. The Bertz CT molecular complexity index is 2040. The molecule has 1 saturated heterocycles. The highest BCUT2D eigenvalue weighted by Gasteiger charge is 2.47. The van der Waals surface area contributed by atoms with Crippen LogP contribution < -0.4 is 14.4 Å². The van der Waals surface area contributed by atoms with Crippen molar-refractivity contribution in [3.63, 3.8) is 0 Å². The Hall–Kier alpha value is -4.86. The van der Waals surface area contributed by atoms with Crippen molar-refractivity contribution in [2.75, 3.05) is 38.2 Å². The summed E-state index contributed by atoms with van der Waals surface area (Å²) in [7, 11) is -2.74. The van der Waals surface area contributed by atoms with Gasteiger partial charge in [0.25, 0.3) is 0 Å². The van der Waals surface area contributed by atoms with Crippen LogP contribution >= 0.6 is 11.3 Å². The van der Waals surface area contributed by atoms with E-state index in [1.165, 1.54) is 42.1 Å². The van der Waals surface area contributed by atoms with E-state index in [2.05, 4.69) is 19.9 Å². The smallest absolute Gasteiger partial charge is 0.445 e. The number of hydrogen-bond donors (Lipinski definition) is 1. The largest absolute Gasteiger partial charge is 0.497 e. The van der Waals surface area contributed by atoms with Crippen LogP contribution in [-0.4, -0.2) is 83.4 Å². The zero-order valence-corrected chi connectivity index (χ0v) is 26.2. The summed E-state index contributed by atoms with van der Waals surface area (Å²) in [5, 5.41) is 15.0. The number of sulfonamides is 1. The average Bonchev–Trinajstić information content (AvgIpc) is 3.42. The van der Waals surface area contributed by atoms with Crippen LogP contribution in [0.4, 0.5) is 18.9 Å². The first kappa shape index (κ1) is 32.1. The van der Waals surface area contributed by atoms with E-state index < -0.39 is 26.7 Å². The van der Waals surface area contributed by atoms with Crippen molar-refractivity contribution in [3.05, 3.63) is 65.4 Å². The number of nitrogens with zero attached hydrogens (tertiary/aromatic N) is 7. The molecule has 2 aliphatic rings. The molecule has 0 spiro atoms. The van der Waals surface area contributed by atoms with Crippen molar-refractivity contribution < 1.29 is 35.9 Å². The van der Waals surface area contributed by atoms with Gasteiger partial charge in [-0.25, -0.2) is 13.4 Å². The average molecular weight is 687 g/mol. The van der Waals surface area contributed by atoms with E-state index in [-0.39, 0.29) is 64.9 Å². The highest BCUT2D eigenvalue weighted by atomic mass is 32.2. The zero-order valence-electron chi connectivity index (χ0n) is 24.6. The lowest BCUT2D eigenvalue weighted by molar-refractivity contribution is -0.138. The summed E-state index contributed by atoms with van der Waals surface area (Å²) in [5.74, 6) is -0.194. The van der Waals surface area contributed by atoms with Gasteiger partial charge in [-0.3, -0.25) is 14.0 Å². The van der Waals surface area contributed by atoms with Gasteiger partial charge in [0.15, 0.2) is 16.6 Å².